The summed E-state index contributed by atoms with van der Waals surface area (Å²) >= 11 is 12.3. The fraction of sp³-hybridized carbons (Fsp3) is 0.269. The van der Waals surface area contributed by atoms with E-state index in [1.54, 1.807) is 29.1 Å². The molecule has 1 atom stereocenters. The van der Waals surface area contributed by atoms with Crippen LogP contribution in [0.25, 0.3) is 10.9 Å². The van der Waals surface area contributed by atoms with Crippen LogP contribution < -0.4 is 10.1 Å². The lowest BCUT2D eigenvalue weighted by molar-refractivity contribution is -0.137. The number of aliphatic carboxylic acids is 1. The van der Waals surface area contributed by atoms with Gasteiger partial charge in [-0.15, -0.1) is 0 Å². The molecule has 0 spiro atoms. The molecule has 1 unspecified atom stereocenters. The van der Waals surface area contributed by atoms with Gasteiger partial charge in [-0.2, -0.15) is 5.10 Å². The number of hydrogen-bond acceptors (Lipinski definition) is 5. The molecular formula is C26H24Cl2N4O3. The summed E-state index contributed by atoms with van der Waals surface area (Å²) in [6.07, 6.45) is 4.45. The Morgan fingerprint density at radius 1 is 1.14 bits per heavy atom. The minimum Gasteiger partial charge on any atom is -0.493 e. The third kappa shape index (κ3) is 5.36. The summed E-state index contributed by atoms with van der Waals surface area (Å²) in [6, 6.07) is 14.4. The number of carboxylic acid groups (broad SMARTS) is 1. The molecule has 0 fully saturated rings. The van der Waals surface area contributed by atoms with Crippen LogP contribution in [-0.4, -0.2) is 39.0 Å². The molecule has 5 rings (SSSR count). The SMILES string of the molecule is O=C(O)CC(c1cc(Cl)cc(Cl)c1)n1ncc2cc(OCCc3ccc4c(n3)NCCC4)ccc21. The molecule has 9 heteroatoms. The number of nitrogens with zero attached hydrogens (tertiary/aromatic N) is 3. The van der Waals surface area contributed by atoms with Crippen molar-refractivity contribution in [3.05, 3.63) is 81.6 Å². The van der Waals surface area contributed by atoms with Gasteiger partial charge in [0.1, 0.15) is 11.6 Å². The molecule has 0 amide bonds. The van der Waals surface area contributed by atoms with Crippen LogP contribution in [-0.2, 0) is 17.6 Å². The number of carboxylic acids is 1. The lowest BCUT2D eigenvalue weighted by Gasteiger charge is -2.18. The van der Waals surface area contributed by atoms with Gasteiger partial charge in [-0.3, -0.25) is 9.48 Å². The number of carbonyl (C=O) groups is 1. The average Bonchev–Trinajstić information content (AvgIpc) is 3.25. The predicted octanol–water partition coefficient (Wildman–Crippen LogP) is 5.78. The van der Waals surface area contributed by atoms with Gasteiger partial charge in [-0.25, -0.2) is 4.98 Å². The van der Waals surface area contributed by atoms with Crippen LogP contribution in [0.1, 0.15) is 35.7 Å². The summed E-state index contributed by atoms with van der Waals surface area (Å²) < 4.78 is 7.68. The Labute approximate surface area is 212 Å². The van der Waals surface area contributed by atoms with Gasteiger partial charge >= 0.3 is 5.97 Å². The lowest BCUT2D eigenvalue weighted by atomic mass is 10.0. The van der Waals surface area contributed by atoms with E-state index in [1.165, 1.54) is 5.56 Å². The van der Waals surface area contributed by atoms with Crippen molar-refractivity contribution in [2.75, 3.05) is 18.5 Å². The quantitative estimate of drug-likeness (QED) is 0.312. The third-order valence-corrected chi connectivity index (χ3v) is 6.52. The van der Waals surface area contributed by atoms with E-state index in [4.69, 9.17) is 32.9 Å². The van der Waals surface area contributed by atoms with E-state index >= 15 is 0 Å². The van der Waals surface area contributed by atoms with Crippen molar-refractivity contribution in [2.24, 2.45) is 0 Å². The molecule has 7 nitrogen and oxygen atoms in total. The number of ether oxygens (including phenoxy) is 1. The Kier molecular flexibility index (Phi) is 6.79. The van der Waals surface area contributed by atoms with Crippen LogP contribution in [0.4, 0.5) is 5.82 Å². The number of anilines is 1. The van der Waals surface area contributed by atoms with Crippen LogP contribution in [0.2, 0.25) is 10.0 Å². The standard InChI is InChI=1S/C26H24Cl2N4O3/c27-19-10-17(11-20(28)13-19)24(14-25(33)34)32-23-6-5-22(12-18(23)15-30-32)35-9-7-21-4-3-16-2-1-8-29-26(16)31-21/h3-6,10-13,15,24H,1-2,7-9,14H2,(H,29,31)(H,33,34). The summed E-state index contributed by atoms with van der Waals surface area (Å²) in [5.74, 6) is 0.758. The highest BCUT2D eigenvalue weighted by Crippen LogP contribution is 2.31. The molecule has 0 saturated heterocycles. The summed E-state index contributed by atoms with van der Waals surface area (Å²) in [4.78, 5) is 16.3. The van der Waals surface area contributed by atoms with Gasteiger partial charge in [-0.05, 0) is 66.4 Å². The minimum absolute atomic E-state index is 0.158. The number of rotatable bonds is 8. The van der Waals surface area contributed by atoms with E-state index < -0.39 is 12.0 Å². The largest absolute Gasteiger partial charge is 0.493 e. The van der Waals surface area contributed by atoms with Crippen molar-refractivity contribution < 1.29 is 14.6 Å². The molecule has 1 aliphatic rings. The number of aryl methyl sites for hydroxylation is 1. The Balaban J connectivity index is 1.33. The zero-order valence-corrected chi connectivity index (χ0v) is 20.4. The number of nitrogens with one attached hydrogen (secondary N) is 1. The van der Waals surface area contributed by atoms with Crippen molar-refractivity contribution in [1.82, 2.24) is 14.8 Å². The van der Waals surface area contributed by atoms with E-state index in [-0.39, 0.29) is 6.42 Å². The molecule has 3 heterocycles. The molecule has 180 valence electrons. The number of hydrogen-bond donors (Lipinski definition) is 2. The van der Waals surface area contributed by atoms with E-state index in [2.05, 4.69) is 22.5 Å². The molecule has 1 aliphatic heterocycles. The van der Waals surface area contributed by atoms with E-state index in [0.29, 0.717) is 34.4 Å². The maximum atomic E-state index is 11.6. The van der Waals surface area contributed by atoms with Gasteiger partial charge in [-0.1, -0.05) is 29.3 Å². The smallest absolute Gasteiger partial charge is 0.305 e. The first-order valence-electron chi connectivity index (χ1n) is 11.5. The number of aromatic nitrogens is 3. The van der Waals surface area contributed by atoms with Crippen LogP contribution in [0.5, 0.6) is 5.75 Å². The maximum Gasteiger partial charge on any atom is 0.305 e. The third-order valence-electron chi connectivity index (χ3n) is 6.08. The highest BCUT2D eigenvalue weighted by Gasteiger charge is 2.22. The van der Waals surface area contributed by atoms with Crippen LogP contribution in [0, 0.1) is 0 Å². The van der Waals surface area contributed by atoms with Gasteiger partial charge in [0.05, 0.1) is 30.8 Å². The number of pyridine rings is 1. The summed E-state index contributed by atoms with van der Waals surface area (Å²) in [6.45, 7) is 1.46. The van der Waals surface area contributed by atoms with Crippen molar-refractivity contribution in [2.45, 2.75) is 31.7 Å². The zero-order chi connectivity index (χ0) is 24.4. The molecular weight excluding hydrogens is 487 g/mol. The van der Waals surface area contributed by atoms with E-state index in [1.807, 2.05) is 18.2 Å². The van der Waals surface area contributed by atoms with Gasteiger partial charge in [0.15, 0.2) is 0 Å². The predicted molar refractivity (Wildman–Crippen MR) is 137 cm³/mol. The van der Waals surface area contributed by atoms with Gasteiger partial charge in [0.25, 0.3) is 0 Å². The molecule has 4 aromatic rings. The normalized spacial score (nSPS) is 13.8. The molecule has 2 N–H and O–H groups in total. The molecule has 35 heavy (non-hydrogen) atoms. The average molecular weight is 511 g/mol. The Hall–Kier alpha value is -3.29. The summed E-state index contributed by atoms with van der Waals surface area (Å²) in [7, 11) is 0. The summed E-state index contributed by atoms with van der Waals surface area (Å²) in [5.41, 5.74) is 3.73. The topological polar surface area (TPSA) is 89.3 Å². The first kappa shape index (κ1) is 23.5. The molecule has 2 aromatic heterocycles. The second-order valence-corrected chi connectivity index (χ2v) is 9.44. The first-order valence-corrected chi connectivity index (χ1v) is 12.2. The molecule has 0 saturated carbocycles. The van der Waals surface area contributed by atoms with Gasteiger partial charge < -0.3 is 15.2 Å². The maximum absolute atomic E-state index is 11.6. The second-order valence-electron chi connectivity index (χ2n) is 8.57. The Morgan fingerprint density at radius 2 is 1.97 bits per heavy atom. The molecule has 0 aliphatic carbocycles. The highest BCUT2D eigenvalue weighted by atomic mass is 35.5. The van der Waals surface area contributed by atoms with Crippen molar-refractivity contribution in [3.63, 3.8) is 0 Å². The first-order chi connectivity index (χ1) is 17.0. The van der Waals surface area contributed by atoms with Crippen molar-refractivity contribution in [3.8, 4) is 5.75 Å². The second kappa shape index (κ2) is 10.1. The van der Waals surface area contributed by atoms with Crippen LogP contribution in [0.15, 0.2) is 54.7 Å². The van der Waals surface area contributed by atoms with Crippen LogP contribution in [0.3, 0.4) is 0 Å². The highest BCUT2D eigenvalue weighted by molar-refractivity contribution is 6.34. The molecule has 0 bridgehead atoms. The van der Waals surface area contributed by atoms with Crippen molar-refractivity contribution >= 4 is 45.9 Å². The number of halogens is 2. The molecule has 0 radical (unpaired) electrons. The Bertz CT molecular complexity index is 1370. The van der Waals surface area contributed by atoms with Gasteiger partial charge in [0.2, 0.25) is 0 Å². The van der Waals surface area contributed by atoms with E-state index in [0.717, 1.165) is 41.8 Å². The van der Waals surface area contributed by atoms with Crippen LogP contribution >= 0.6 is 23.2 Å². The van der Waals surface area contributed by atoms with Crippen molar-refractivity contribution in [1.29, 1.82) is 0 Å². The lowest BCUT2D eigenvalue weighted by Crippen LogP contribution is -2.16. The Morgan fingerprint density at radius 3 is 2.77 bits per heavy atom. The van der Waals surface area contributed by atoms with Gasteiger partial charge in [0, 0.05) is 34.1 Å². The number of fused-ring (bicyclic) bond motifs is 2. The summed E-state index contributed by atoms with van der Waals surface area (Å²) in [5, 5.41) is 19.1. The van der Waals surface area contributed by atoms with E-state index in [9.17, 15) is 9.90 Å². The monoisotopic (exact) mass is 510 g/mol. The minimum atomic E-state index is -0.944. The fourth-order valence-corrected chi connectivity index (χ4v) is 4.97. The fourth-order valence-electron chi connectivity index (χ4n) is 4.43. The number of benzene rings is 2. The molecule has 2 aromatic carbocycles. The zero-order valence-electron chi connectivity index (χ0n) is 18.9.